The molecule has 3 aromatic rings. The number of carbonyl (C=O) groups excluding carboxylic acids is 2. The molecule has 2 fully saturated rings. The Hall–Kier alpha value is -2.66. The maximum absolute atomic E-state index is 13.1. The molecule has 2 heterocycles. The van der Waals surface area contributed by atoms with Gasteiger partial charge in [-0.2, -0.15) is 4.31 Å². The van der Waals surface area contributed by atoms with Crippen molar-refractivity contribution in [1.82, 2.24) is 14.1 Å². The van der Waals surface area contributed by atoms with E-state index in [0.29, 0.717) is 49.3 Å². The first-order valence-corrected chi connectivity index (χ1v) is 15.9. The molecule has 0 spiro atoms. The summed E-state index contributed by atoms with van der Waals surface area (Å²) in [5, 5.41) is 3.91. The summed E-state index contributed by atoms with van der Waals surface area (Å²) in [6, 6.07) is 19.5. The molecule has 3 aromatic carbocycles. The second-order valence-electron chi connectivity index (χ2n) is 10.0. The van der Waals surface area contributed by atoms with Gasteiger partial charge in [-0.15, -0.1) is 0 Å². The Morgan fingerprint density at radius 2 is 1.27 bits per heavy atom. The molecule has 216 valence electrons. The van der Waals surface area contributed by atoms with Crippen molar-refractivity contribution in [1.29, 1.82) is 0 Å². The summed E-state index contributed by atoms with van der Waals surface area (Å²) >= 11 is 18.5. The van der Waals surface area contributed by atoms with E-state index in [1.807, 2.05) is 48.5 Å². The van der Waals surface area contributed by atoms with E-state index in [1.165, 1.54) is 27.4 Å². The first kappa shape index (κ1) is 29.8. The Morgan fingerprint density at radius 1 is 0.732 bits per heavy atom. The summed E-state index contributed by atoms with van der Waals surface area (Å²) in [6.07, 6.45) is 1.57. The van der Waals surface area contributed by atoms with Gasteiger partial charge in [-0.25, -0.2) is 8.42 Å². The zero-order valence-corrected chi connectivity index (χ0v) is 25.2. The van der Waals surface area contributed by atoms with Crippen LogP contribution in [0.15, 0.2) is 71.6 Å². The fourth-order valence-electron chi connectivity index (χ4n) is 5.26. The number of hydrogen-bond acceptors (Lipinski definition) is 5. The van der Waals surface area contributed by atoms with Crippen LogP contribution < -0.4 is 5.32 Å². The first-order chi connectivity index (χ1) is 19.6. The molecule has 2 amide bonds. The normalized spacial score (nSPS) is 16.7. The van der Waals surface area contributed by atoms with Crippen LogP contribution >= 0.6 is 34.8 Å². The van der Waals surface area contributed by atoms with Crippen LogP contribution in [0, 0.1) is 0 Å². The second kappa shape index (κ2) is 12.7. The minimum Gasteiger partial charge on any atom is -0.332 e. The second-order valence-corrected chi connectivity index (χ2v) is 13.2. The van der Waals surface area contributed by atoms with Crippen LogP contribution in [0.1, 0.15) is 30.0 Å². The van der Waals surface area contributed by atoms with Gasteiger partial charge in [0.25, 0.3) is 0 Å². The van der Waals surface area contributed by atoms with Crippen molar-refractivity contribution < 1.29 is 18.0 Å². The van der Waals surface area contributed by atoms with E-state index >= 15 is 0 Å². The number of nitrogens with one attached hydrogen (secondary N) is 1. The highest BCUT2D eigenvalue weighted by Gasteiger charge is 2.32. The number of halogens is 3. The van der Waals surface area contributed by atoms with E-state index in [0.717, 1.165) is 24.0 Å². The van der Waals surface area contributed by atoms with Crippen molar-refractivity contribution in [3.8, 4) is 0 Å². The molecular formula is C29H29Cl3N4O4S. The monoisotopic (exact) mass is 634 g/mol. The van der Waals surface area contributed by atoms with Crippen LogP contribution in [0.5, 0.6) is 0 Å². The summed E-state index contributed by atoms with van der Waals surface area (Å²) < 4.78 is 27.4. The van der Waals surface area contributed by atoms with Gasteiger partial charge >= 0.3 is 11.8 Å². The number of amides is 2. The van der Waals surface area contributed by atoms with Gasteiger partial charge in [0.2, 0.25) is 10.0 Å². The lowest BCUT2D eigenvalue weighted by Crippen LogP contribution is -2.52. The van der Waals surface area contributed by atoms with Gasteiger partial charge < -0.3 is 10.2 Å². The summed E-state index contributed by atoms with van der Waals surface area (Å²) in [6.45, 7) is 2.62. The van der Waals surface area contributed by atoms with Crippen molar-refractivity contribution in [2.75, 3.05) is 44.6 Å². The highest BCUT2D eigenvalue weighted by molar-refractivity contribution is 7.89. The molecule has 0 unspecified atom stereocenters. The number of sulfonamides is 1. The fraction of sp³-hybridized carbons (Fsp3) is 0.310. The third-order valence-corrected chi connectivity index (χ3v) is 10.3. The lowest BCUT2D eigenvalue weighted by atomic mass is 9.96. The Balaban J connectivity index is 1.26. The summed E-state index contributed by atoms with van der Waals surface area (Å²) in [7, 11) is -3.80. The Morgan fingerprint density at radius 3 is 1.80 bits per heavy atom. The van der Waals surface area contributed by atoms with E-state index in [4.69, 9.17) is 34.8 Å². The van der Waals surface area contributed by atoms with Gasteiger partial charge in [-0.3, -0.25) is 14.5 Å². The smallest absolute Gasteiger partial charge is 0.313 e. The van der Waals surface area contributed by atoms with Crippen molar-refractivity contribution in [2.45, 2.75) is 23.8 Å². The minimum atomic E-state index is -3.80. The zero-order chi connectivity index (χ0) is 29.1. The van der Waals surface area contributed by atoms with Crippen LogP contribution in [0.3, 0.4) is 0 Å². The van der Waals surface area contributed by atoms with E-state index in [-0.39, 0.29) is 21.6 Å². The number of anilines is 1. The Labute approximate surface area is 254 Å². The molecule has 5 rings (SSSR count). The predicted octanol–water partition coefficient (Wildman–Crippen LogP) is 5.30. The van der Waals surface area contributed by atoms with Crippen LogP contribution in [0.2, 0.25) is 15.1 Å². The third kappa shape index (κ3) is 6.71. The lowest BCUT2D eigenvalue weighted by Gasteiger charge is -2.39. The molecule has 0 bridgehead atoms. The molecule has 8 nitrogen and oxygen atoms in total. The average molecular weight is 636 g/mol. The molecule has 12 heteroatoms. The molecular weight excluding hydrogens is 607 g/mol. The quantitative estimate of drug-likeness (QED) is 0.371. The van der Waals surface area contributed by atoms with Crippen molar-refractivity contribution in [3.05, 3.63) is 92.9 Å². The molecule has 0 aliphatic carbocycles. The third-order valence-electron chi connectivity index (χ3n) is 7.40. The number of nitrogens with zero attached hydrogens (tertiary/aromatic N) is 3. The maximum atomic E-state index is 13.1. The van der Waals surface area contributed by atoms with Gasteiger partial charge in [0.05, 0.1) is 11.1 Å². The number of carbonyl (C=O) groups is 2. The molecule has 2 aliphatic heterocycles. The van der Waals surface area contributed by atoms with Crippen LogP contribution in [0.25, 0.3) is 0 Å². The topological polar surface area (TPSA) is 90.0 Å². The van der Waals surface area contributed by atoms with E-state index in [1.54, 1.807) is 0 Å². The summed E-state index contributed by atoms with van der Waals surface area (Å²) in [5.74, 6) is -1.52. The minimum absolute atomic E-state index is 0.0632. The first-order valence-electron chi connectivity index (χ1n) is 13.3. The predicted molar refractivity (Wildman–Crippen MR) is 161 cm³/mol. The highest BCUT2D eigenvalue weighted by atomic mass is 35.5. The number of hydrogen-bond donors (Lipinski definition) is 1. The van der Waals surface area contributed by atoms with Crippen molar-refractivity contribution in [3.63, 3.8) is 0 Å². The molecule has 0 radical (unpaired) electrons. The van der Waals surface area contributed by atoms with Crippen molar-refractivity contribution in [2.24, 2.45) is 0 Å². The Kier molecular flexibility index (Phi) is 9.23. The SMILES string of the molecule is O=C(Nc1ccc(Cl)c(S(=O)(=O)N2CCCC2)c1)C(=O)N1CCN(C(c2ccc(Cl)cc2)c2ccc(Cl)cc2)CC1. The standard InChI is InChI=1S/C29H29Cl3N4O4S/c30-22-7-3-20(4-8-22)27(21-5-9-23(31)10-6-21)34-15-17-35(18-16-34)29(38)28(37)33-24-11-12-25(32)26(19-24)41(39,40)36-13-1-2-14-36/h3-12,19,27H,1-2,13-18H2,(H,33,37). The molecule has 2 saturated heterocycles. The maximum Gasteiger partial charge on any atom is 0.313 e. The number of benzene rings is 3. The molecule has 0 aromatic heterocycles. The van der Waals surface area contributed by atoms with Gasteiger partial charge in [-0.1, -0.05) is 59.1 Å². The summed E-state index contributed by atoms with van der Waals surface area (Å²) in [4.78, 5) is 29.6. The molecule has 0 saturated carbocycles. The molecule has 41 heavy (non-hydrogen) atoms. The van der Waals surface area contributed by atoms with Gasteiger partial charge in [0, 0.05) is 55.0 Å². The molecule has 1 N–H and O–H groups in total. The zero-order valence-electron chi connectivity index (χ0n) is 22.1. The fourth-order valence-corrected chi connectivity index (χ4v) is 7.53. The van der Waals surface area contributed by atoms with E-state index in [2.05, 4.69) is 10.2 Å². The van der Waals surface area contributed by atoms with Gasteiger partial charge in [-0.05, 0) is 66.4 Å². The Bertz CT molecular complexity index is 1480. The van der Waals surface area contributed by atoms with E-state index in [9.17, 15) is 18.0 Å². The van der Waals surface area contributed by atoms with Crippen LogP contribution in [-0.2, 0) is 19.6 Å². The van der Waals surface area contributed by atoms with Crippen LogP contribution in [0.4, 0.5) is 5.69 Å². The molecule has 0 atom stereocenters. The van der Waals surface area contributed by atoms with Gasteiger partial charge in [0.1, 0.15) is 4.90 Å². The summed E-state index contributed by atoms with van der Waals surface area (Å²) in [5.41, 5.74) is 2.29. The largest absolute Gasteiger partial charge is 0.332 e. The number of piperazine rings is 1. The van der Waals surface area contributed by atoms with Crippen molar-refractivity contribution >= 4 is 62.3 Å². The lowest BCUT2D eigenvalue weighted by molar-refractivity contribution is -0.144. The number of rotatable bonds is 6. The highest BCUT2D eigenvalue weighted by Crippen LogP contribution is 2.32. The van der Waals surface area contributed by atoms with Gasteiger partial charge in [0.15, 0.2) is 0 Å². The van der Waals surface area contributed by atoms with Crippen LogP contribution in [-0.4, -0.2) is 73.6 Å². The van der Waals surface area contributed by atoms with E-state index < -0.39 is 21.8 Å². The molecule has 2 aliphatic rings. The average Bonchev–Trinajstić information content (AvgIpc) is 3.52.